The number of sulfonamides is 1. The summed E-state index contributed by atoms with van der Waals surface area (Å²) in [6.45, 7) is 0.0306. The summed E-state index contributed by atoms with van der Waals surface area (Å²) in [5.74, 6) is -2.20. The number of halogens is 3. The zero-order valence-electron chi connectivity index (χ0n) is 7.50. The second-order valence-electron chi connectivity index (χ2n) is 2.66. The lowest BCUT2D eigenvalue weighted by Gasteiger charge is -2.04. The Morgan fingerprint density at radius 3 is 2.47 bits per heavy atom. The zero-order chi connectivity index (χ0) is 11.5. The van der Waals surface area contributed by atoms with Crippen molar-refractivity contribution >= 4 is 21.6 Å². The van der Waals surface area contributed by atoms with Crippen LogP contribution in [0.1, 0.15) is 0 Å². The van der Waals surface area contributed by atoms with Crippen molar-refractivity contribution in [1.29, 1.82) is 0 Å². The van der Waals surface area contributed by atoms with Crippen LogP contribution in [0.25, 0.3) is 0 Å². The van der Waals surface area contributed by atoms with Gasteiger partial charge in [-0.1, -0.05) is 0 Å². The Morgan fingerprint density at radius 1 is 1.27 bits per heavy atom. The Bertz CT molecular complexity index is 450. The van der Waals surface area contributed by atoms with Crippen LogP contribution in [0.5, 0.6) is 0 Å². The van der Waals surface area contributed by atoms with Crippen molar-refractivity contribution in [2.75, 3.05) is 12.4 Å². The topological polar surface area (TPSA) is 46.2 Å². The molecule has 3 nitrogen and oxygen atoms in total. The minimum Gasteiger partial charge on any atom is -0.210 e. The molecule has 0 radical (unpaired) electrons. The lowest BCUT2D eigenvalue weighted by atomic mass is 10.3. The first-order valence-corrected chi connectivity index (χ1v) is 6.00. The van der Waals surface area contributed by atoms with Gasteiger partial charge in [0, 0.05) is 12.4 Å². The third kappa shape index (κ3) is 3.12. The first-order chi connectivity index (χ1) is 6.97. The molecule has 1 rings (SSSR count). The number of nitrogens with one attached hydrogen (secondary N) is 1. The Balaban J connectivity index is 3.00. The smallest absolute Gasteiger partial charge is 0.210 e. The predicted molar refractivity (Wildman–Crippen MR) is 52.3 cm³/mol. The summed E-state index contributed by atoms with van der Waals surface area (Å²) in [6, 6.07) is 2.35. The third-order valence-electron chi connectivity index (χ3n) is 1.59. The normalized spacial score (nSPS) is 11.7. The molecule has 0 saturated carbocycles. The van der Waals surface area contributed by atoms with E-state index < -0.39 is 21.7 Å². The maximum Gasteiger partial charge on any atom is 0.240 e. The van der Waals surface area contributed by atoms with E-state index >= 15 is 0 Å². The van der Waals surface area contributed by atoms with Crippen LogP contribution in [0.15, 0.2) is 23.1 Å². The van der Waals surface area contributed by atoms with Crippen LogP contribution in [0.3, 0.4) is 0 Å². The van der Waals surface area contributed by atoms with Crippen molar-refractivity contribution in [2.45, 2.75) is 4.90 Å². The van der Waals surface area contributed by atoms with E-state index in [1.54, 1.807) is 0 Å². The summed E-state index contributed by atoms with van der Waals surface area (Å²) < 4.78 is 50.2. The van der Waals surface area contributed by atoms with Crippen molar-refractivity contribution in [2.24, 2.45) is 0 Å². The Kier molecular flexibility index (Phi) is 4.01. The van der Waals surface area contributed by atoms with E-state index in [-0.39, 0.29) is 17.3 Å². The number of benzene rings is 1. The number of alkyl halides is 1. The molecule has 0 aliphatic rings. The monoisotopic (exact) mass is 255 g/mol. The highest BCUT2D eigenvalue weighted by molar-refractivity contribution is 7.89. The van der Waals surface area contributed by atoms with Gasteiger partial charge in [-0.25, -0.2) is 21.9 Å². The van der Waals surface area contributed by atoms with Gasteiger partial charge in [0.2, 0.25) is 10.0 Å². The molecule has 1 aromatic rings. The molecule has 0 atom stereocenters. The molecule has 0 saturated heterocycles. The number of rotatable bonds is 4. The van der Waals surface area contributed by atoms with Gasteiger partial charge < -0.3 is 0 Å². The standard InChI is InChI=1S/C8H8ClF2NO2S/c9-3-4-12-15(13,14)6-1-2-7(10)8(11)5-6/h1-2,5,12H,3-4H2. The van der Waals surface area contributed by atoms with E-state index in [4.69, 9.17) is 11.6 Å². The van der Waals surface area contributed by atoms with Gasteiger partial charge in [-0.15, -0.1) is 11.6 Å². The van der Waals surface area contributed by atoms with E-state index in [0.717, 1.165) is 12.1 Å². The van der Waals surface area contributed by atoms with Crippen LogP contribution in [-0.2, 0) is 10.0 Å². The highest BCUT2D eigenvalue weighted by Gasteiger charge is 2.15. The highest BCUT2D eigenvalue weighted by atomic mass is 35.5. The summed E-state index contributed by atoms with van der Waals surface area (Å²) in [5.41, 5.74) is 0. The predicted octanol–water partition coefficient (Wildman–Crippen LogP) is 1.48. The second-order valence-corrected chi connectivity index (χ2v) is 4.81. The fourth-order valence-electron chi connectivity index (χ4n) is 0.900. The van der Waals surface area contributed by atoms with Gasteiger partial charge in [0.25, 0.3) is 0 Å². The maximum absolute atomic E-state index is 12.7. The van der Waals surface area contributed by atoms with Crippen LogP contribution in [-0.4, -0.2) is 20.8 Å². The zero-order valence-corrected chi connectivity index (χ0v) is 9.08. The summed E-state index contributed by atoms with van der Waals surface area (Å²) in [7, 11) is -3.80. The number of hydrogen-bond donors (Lipinski definition) is 1. The SMILES string of the molecule is O=S(=O)(NCCCl)c1ccc(F)c(F)c1. The molecular formula is C8H8ClF2NO2S. The molecule has 0 unspecified atom stereocenters. The van der Waals surface area contributed by atoms with E-state index in [9.17, 15) is 17.2 Å². The molecule has 1 aromatic carbocycles. The van der Waals surface area contributed by atoms with Gasteiger partial charge in [-0.05, 0) is 18.2 Å². The van der Waals surface area contributed by atoms with Gasteiger partial charge >= 0.3 is 0 Å². The fraction of sp³-hybridized carbons (Fsp3) is 0.250. The summed E-state index contributed by atoms with van der Waals surface area (Å²) in [6.07, 6.45) is 0. The first kappa shape index (κ1) is 12.4. The van der Waals surface area contributed by atoms with E-state index in [1.807, 2.05) is 0 Å². The summed E-state index contributed by atoms with van der Waals surface area (Å²) in [5, 5.41) is 0. The average Bonchev–Trinajstić information content (AvgIpc) is 2.19. The highest BCUT2D eigenvalue weighted by Crippen LogP contribution is 2.13. The summed E-state index contributed by atoms with van der Waals surface area (Å²) >= 11 is 5.29. The largest absolute Gasteiger partial charge is 0.240 e. The molecule has 84 valence electrons. The van der Waals surface area contributed by atoms with E-state index in [1.165, 1.54) is 0 Å². The van der Waals surface area contributed by atoms with Gasteiger partial charge in [-0.3, -0.25) is 0 Å². The van der Waals surface area contributed by atoms with Crippen LogP contribution in [0.4, 0.5) is 8.78 Å². The van der Waals surface area contributed by atoms with Crippen molar-refractivity contribution < 1.29 is 17.2 Å². The van der Waals surface area contributed by atoms with E-state index in [0.29, 0.717) is 6.07 Å². The quantitative estimate of drug-likeness (QED) is 0.829. The van der Waals surface area contributed by atoms with Gasteiger partial charge in [0.05, 0.1) is 4.90 Å². The van der Waals surface area contributed by atoms with Crippen LogP contribution in [0, 0.1) is 11.6 Å². The Hall–Kier alpha value is -0.720. The molecule has 0 bridgehead atoms. The molecule has 0 aliphatic carbocycles. The molecule has 0 heterocycles. The molecule has 0 fully saturated rings. The number of hydrogen-bond acceptors (Lipinski definition) is 2. The minimum atomic E-state index is -3.80. The van der Waals surface area contributed by atoms with Crippen molar-refractivity contribution in [3.8, 4) is 0 Å². The van der Waals surface area contributed by atoms with Gasteiger partial charge in [-0.2, -0.15) is 0 Å². The average molecular weight is 256 g/mol. The molecular weight excluding hydrogens is 248 g/mol. The molecule has 7 heteroatoms. The Labute approximate surface area is 91.1 Å². The molecule has 0 aliphatic heterocycles. The molecule has 0 spiro atoms. The second kappa shape index (κ2) is 4.87. The van der Waals surface area contributed by atoms with Crippen molar-refractivity contribution in [3.63, 3.8) is 0 Å². The lowest BCUT2D eigenvalue weighted by molar-refractivity contribution is 0.504. The molecule has 1 N–H and O–H groups in total. The fourth-order valence-corrected chi connectivity index (χ4v) is 2.15. The van der Waals surface area contributed by atoms with Gasteiger partial charge in [0.1, 0.15) is 0 Å². The molecule has 0 amide bonds. The van der Waals surface area contributed by atoms with Crippen molar-refractivity contribution in [1.82, 2.24) is 4.72 Å². The first-order valence-electron chi connectivity index (χ1n) is 3.98. The Morgan fingerprint density at radius 2 is 1.93 bits per heavy atom. The van der Waals surface area contributed by atoms with Crippen LogP contribution >= 0.6 is 11.6 Å². The third-order valence-corrected chi connectivity index (χ3v) is 3.24. The minimum absolute atomic E-state index is 0.0306. The molecule has 15 heavy (non-hydrogen) atoms. The van der Waals surface area contributed by atoms with Crippen molar-refractivity contribution in [3.05, 3.63) is 29.8 Å². The lowest BCUT2D eigenvalue weighted by Crippen LogP contribution is -2.25. The van der Waals surface area contributed by atoms with E-state index in [2.05, 4.69) is 4.72 Å². The summed E-state index contributed by atoms with van der Waals surface area (Å²) in [4.78, 5) is -0.327. The molecule has 0 aromatic heterocycles. The van der Waals surface area contributed by atoms with Gasteiger partial charge in [0.15, 0.2) is 11.6 Å². The van der Waals surface area contributed by atoms with Crippen LogP contribution < -0.4 is 4.72 Å². The maximum atomic E-state index is 12.7. The van der Waals surface area contributed by atoms with Crippen LogP contribution in [0.2, 0.25) is 0 Å².